The second kappa shape index (κ2) is 5.47. The molecule has 2 nitrogen and oxygen atoms in total. The molecule has 90 valence electrons. The van der Waals surface area contributed by atoms with Crippen LogP contribution in [-0.4, -0.2) is 30.0 Å². The van der Waals surface area contributed by atoms with Crippen LogP contribution in [0.5, 0.6) is 0 Å². The minimum Gasteiger partial charge on any atom is -0.437 e. The highest BCUT2D eigenvalue weighted by Gasteiger charge is 2.20. The number of hydrogen-bond donors (Lipinski definition) is 1. The second-order valence-corrected chi connectivity index (χ2v) is 4.56. The number of halogens is 1. The lowest BCUT2D eigenvalue weighted by molar-refractivity contribution is 0.354. The summed E-state index contributed by atoms with van der Waals surface area (Å²) in [5.74, 6) is -0.207. The lowest BCUT2D eigenvalue weighted by atomic mass is 9.82. The molecule has 0 bridgehead atoms. The summed E-state index contributed by atoms with van der Waals surface area (Å²) in [6.07, 6.45) is 4.21. The van der Waals surface area contributed by atoms with Crippen molar-refractivity contribution >= 4 is 13.1 Å². The van der Waals surface area contributed by atoms with Gasteiger partial charge in [-0.05, 0) is 43.9 Å². The zero-order chi connectivity index (χ0) is 12.3. The minimum atomic E-state index is -0.396. The van der Waals surface area contributed by atoms with Crippen molar-refractivity contribution in [1.82, 2.24) is 4.81 Å². The van der Waals surface area contributed by atoms with Crippen molar-refractivity contribution in [2.45, 2.75) is 19.7 Å². The van der Waals surface area contributed by atoms with E-state index in [4.69, 9.17) is 0 Å². The highest BCUT2D eigenvalue weighted by Crippen LogP contribution is 2.19. The molecule has 1 saturated heterocycles. The Hall–Kier alpha value is -1.13. The molecule has 2 rings (SSSR count). The highest BCUT2D eigenvalue weighted by atomic mass is 19.1. The van der Waals surface area contributed by atoms with E-state index in [9.17, 15) is 9.41 Å². The molecule has 1 fully saturated rings. The van der Waals surface area contributed by atoms with Crippen LogP contribution in [0.3, 0.4) is 0 Å². The van der Waals surface area contributed by atoms with Crippen molar-refractivity contribution in [3.63, 3.8) is 0 Å². The van der Waals surface area contributed by atoms with Crippen molar-refractivity contribution in [1.29, 1.82) is 0 Å². The molecular weight excluding hydrogens is 216 g/mol. The topological polar surface area (TPSA) is 23.5 Å². The first-order chi connectivity index (χ1) is 8.15. The molecule has 0 aliphatic carbocycles. The highest BCUT2D eigenvalue weighted by molar-refractivity contribution is 6.45. The summed E-state index contributed by atoms with van der Waals surface area (Å²) in [5, 5.41) is 9.55. The van der Waals surface area contributed by atoms with Gasteiger partial charge in [0.05, 0.1) is 0 Å². The fourth-order valence-electron chi connectivity index (χ4n) is 2.16. The van der Waals surface area contributed by atoms with Crippen molar-refractivity contribution in [2.24, 2.45) is 0 Å². The van der Waals surface area contributed by atoms with Crippen molar-refractivity contribution in [2.75, 3.05) is 13.1 Å². The van der Waals surface area contributed by atoms with Gasteiger partial charge in [-0.2, -0.15) is 0 Å². The Bertz CT molecular complexity index is 402. The first kappa shape index (κ1) is 12.3. The Morgan fingerprint density at radius 1 is 1.35 bits per heavy atom. The smallest absolute Gasteiger partial charge is 0.376 e. The Morgan fingerprint density at radius 3 is 2.71 bits per heavy atom. The van der Waals surface area contributed by atoms with Crippen LogP contribution in [0.2, 0.25) is 6.82 Å². The van der Waals surface area contributed by atoms with E-state index in [2.05, 4.69) is 6.08 Å². The van der Waals surface area contributed by atoms with E-state index in [1.54, 1.807) is 19.0 Å². The second-order valence-electron chi connectivity index (χ2n) is 4.56. The predicted octanol–water partition coefficient (Wildman–Crippen LogP) is 2.42. The molecule has 0 amide bonds. The van der Waals surface area contributed by atoms with E-state index in [0.29, 0.717) is 0 Å². The third-order valence-electron chi connectivity index (χ3n) is 3.12. The van der Waals surface area contributed by atoms with E-state index < -0.39 is 7.05 Å². The normalized spacial score (nSPS) is 19.6. The fourth-order valence-corrected chi connectivity index (χ4v) is 2.16. The Morgan fingerprint density at radius 2 is 2.06 bits per heavy atom. The summed E-state index contributed by atoms with van der Waals surface area (Å²) in [5.41, 5.74) is 2.32. The summed E-state index contributed by atoms with van der Waals surface area (Å²) < 4.78 is 12.8. The average Bonchev–Trinajstić information content (AvgIpc) is 2.32. The molecule has 1 heterocycles. The van der Waals surface area contributed by atoms with E-state index >= 15 is 0 Å². The predicted molar refractivity (Wildman–Crippen MR) is 69.0 cm³/mol. The first-order valence-corrected chi connectivity index (χ1v) is 6.02. The van der Waals surface area contributed by atoms with Crippen LogP contribution in [0, 0.1) is 5.82 Å². The van der Waals surface area contributed by atoms with Crippen LogP contribution >= 0.6 is 0 Å². The van der Waals surface area contributed by atoms with E-state index in [1.165, 1.54) is 17.7 Å². The van der Waals surface area contributed by atoms with Crippen molar-refractivity contribution in [3.8, 4) is 0 Å². The Kier molecular flexibility index (Phi) is 3.97. The molecule has 0 spiro atoms. The number of piperidine rings is 1. The van der Waals surface area contributed by atoms with Gasteiger partial charge in [-0.25, -0.2) is 4.39 Å². The molecule has 1 aliphatic rings. The molecule has 4 heteroatoms. The van der Waals surface area contributed by atoms with Crippen molar-refractivity contribution < 1.29 is 9.41 Å². The summed E-state index contributed by atoms with van der Waals surface area (Å²) in [4.78, 5) is 2.04. The maximum absolute atomic E-state index is 12.8. The lowest BCUT2D eigenvalue weighted by Gasteiger charge is -2.29. The van der Waals surface area contributed by atoms with Crippen LogP contribution in [0.1, 0.15) is 18.4 Å². The quantitative estimate of drug-likeness (QED) is 0.793. The summed E-state index contributed by atoms with van der Waals surface area (Å²) in [6, 6.07) is 6.51. The van der Waals surface area contributed by atoms with Gasteiger partial charge in [-0.3, -0.25) is 0 Å². The number of nitrogens with zero attached hydrogens (tertiary/aromatic N) is 1. The first-order valence-electron chi connectivity index (χ1n) is 6.02. The van der Waals surface area contributed by atoms with Crippen molar-refractivity contribution in [3.05, 3.63) is 41.2 Å². The molecule has 1 aromatic rings. The molecule has 1 aromatic carbocycles. The number of rotatable bonds is 2. The summed E-state index contributed by atoms with van der Waals surface area (Å²) in [6.45, 7) is 3.54. The van der Waals surface area contributed by atoms with Gasteiger partial charge in [0.25, 0.3) is 0 Å². The van der Waals surface area contributed by atoms with Gasteiger partial charge in [-0.15, -0.1) is 0 Å². The van der Waals surface area contributed by atoms with Crippen LogP contribution in [0.25, 0.3) is 6.08 Å². The van der Waals surface area contributed by atoms with Gasteiger partial charge < -0.3 is 9.83 Å². The van der Waals surface area contributed by atoms with Crippen LogP contribution < -0.4 is 0 Å². The van der Waals surface area contributed by atoms with Gasteiger partial charge in [-0.1, -0.05) is 23.8 Å². The Balaban J connectivity index is 2.08. The zero-order valence-corrected chi connectivity index (χ0v) is 10.1. The number of hydrogen-bond acceptors (Lipinski definition) is 2. The summed E-state index contributed by atoms with van der Waals surface area (Å²) in [7, 11) is -0.396. The molecular formula is C13H17BFNO. The third kappa shape index (κ3) is 3.41. The maximum Gasteiger partial charge on any atom is 0.376 e. The van der Waals surface area contributed by atoms with Gasteiger partial charge in [0.2, 0.25) is 0 Å². The molecule has 0 aromatic heterocycles. The summed E-state index contributed by atoms with van der Waals surface area (Å²) >= 11 is 0. The largest absolute Gasteiger partial charge is 0.437 e. The SMILES string of the molecule is CB(O)N1CCCC(=Cc2ccc(F)cc2)C1. The van der Waals surface area contributed by atoms with Gasteiger partial charge in [0.15, 0.2) is 0 Å². The molecule has 0 atom stereocenters. The lowest BCUT2D eigenvalue weighted by Crippen LogP contribution is -2.41. The van der Waals surface area contributed by atoms with Crippen LogP contribution in [0.4, 0.5) is 4.39 Å². The molecule has 0 unspecified atom stereocenters. The van der Waals surface area contributed by atoms with Gasteiger partial charge in [0, 0.05) is 6.54 Å². The standard InChI is InChI=1S/C13H17BFNO/c1-14(17)16-8-2-3-12(10-16)9-11-4-6-13(15)7-5-11/h4-7,9,17H,2-3,8,10H2,1H3. The fraction of sp³-hybridized carbons (Fsp3) is 0.385. The molecule has 17 heavy (non-hydrogen) atoms. The Labute approximate surface area is 102 Å². The van der Waals surface area contributed by atoms with Crippen LogP contribution in [-0.2, 0) is 0 Å². The maximum atomic E-state index is 12.8. The molecule has 1 N–H and O–H groups in total. The van der Waals surface area contributed by atoms with E-state index in [-0.39, 0.29) is 5.82 Å². The van der Waals surface area contributed by atoms with Gasteiger partial charge in [0.1, 0.15) is 5.82 Å². The third-order valence-corrected chi connectivity index (χ3v) is 3.12. The minimum absolute atomic E-state index is 0.207. The van der Waals surface area contributed by atoms with Crippen LogP contribution in [0.15, 0.2) is 29.8 Å². The molecule has 0 saturated carbocycles. The average molecular weight is 233 g/mol. The van der Waals surface area contributed by atoms with E-state index in [0.717, 1.165) is 31.5 Å². The molecule has 1 aliphatic heterocycles. The van der Waals surface area contributed by atoms with Gasteiger partial charge >= 0.3 is 7.05 Å². The number of benzene rings is 1. The van der Waals surface area contributed by atoms with E-state index in [1.807, 2.05) is 4.81 Å². The zero-order valence-electron chi connectivity index (χ0n) is 10.1. The molecule has 0 radical (unpaired) electrons. The monoisotopic (exact) mass is 233 g/mol.